The van der Waals surface area contributed by atoms with Gasteiger partial charge in [-0.05, 0) is 24.3 Å². The van der Waals surface area contributed by atoms with E-state index in [4.69, 9.17) is 23.2 Å². The average molecular weight is 379 g/mol. The maximum Gasteiger partial charge on any atom is 0.433 e. The molecular formula is C14H11Cl2F3N4O. The van der Waals surface area contributed by atoms with Crippen LogP contribution in [0.15, 0.2) is 30.5 Å². The van der Waals surface area contributed by atoms with Gasteiger partial charge in [0.15, 0.2) is 0 Å². The highest BCUT2D eigenvalue weighted by molar-refractivity contribution is 6.42. The zero-order valence-corrected chi connectivity index (χ0v) is 13.7. The summed E-state index contributed by atoms with van der Waals surface area (Å²) in [4.78, 5) is 20.3. The van der Waals surface area contributed by atoms with Crippen LogP contribution in [0.5, 0.6) is 0 Å². The Hall–Kier alpha value is -2.06. The highest BCUT2D eigenvalue weighted by Crippen LogP contribution is 2.28. The lowest BCUT2D eigenvalue weighted by atomic mass is 10.3. The number of carbonyl (C=O) groups is 1. The van der Waals surface area contributed by atoms with E-state index in [1.807, 2.05) is 0 Å². The van der Waals surface area contributed by atoms with E-state index in [0.717, 1.165) is 12.3 Å². The molecule has 1 aromatic heterocycles. The molecule has 1 aromatic carbocycles. The lowest BCUT2D eigenvalue weighted by Crippen LogP contribution is -2.31. The molecule has 0 fully saturated rings. The maximum absolute atomic E-state index is 12.6. The number of aromatic nitrogens is 2. The zero-order chi connectivity index (χ0) is 17.9. The van der Waals surface area contributed by atoms with Crippen molar-refractivity contribution in [2.45, 2.75) is 6.18 Å². The molecule has 2 aromatic rings. The van der Waals surface area contributed by atoms with Crippen molar-refractivity contribution in [3.8, 4) is 0 Å². The summed E-state index contributed by atoms with van der Waals surface area (Å²) >= 11 is 11.6. The Morgan fingerprint density at radius 2 is 1.96 bits per heavy atom. The van der Waals surface area contributed by atoms with E-state index in [9.17, 15) is 18.0 Å². The second-order valence-electron chi connectivity index (χ2n) is 4.77. The Morgan fingerprint density at radius 1 is 1.25 bits per heavy atom. The summed E-state index contributed by atoms with van der Waals surface area (Å²) in [6.07, 6.45) is -3.60. The van der Waals surface area contributed by atoms with Gasteiger partial charge in [-0.25, -0.2) is 9.97 Å². The Morgan fingerprint density at radius 3 is 2.58 bits per heavy atom. The van der Waals surface area contributed by atoms with Crippen molar-refractivity contribution in [1.82, 2.24) is 9.97 Å². The lowest BCUT2D eigenvalue weighted by Gasteiger charge is -2.17. The topological polar surface area (TPSA) is 58.1 Å². The van der Waals surface area contributed by atoms with Gasteiger partial charge in [0.1, 0.15) is 5.69 Å². The van der Waals surface area contributed by atoms with Gasteiger partial charge in [0, 0.05) is 18.9 Å². The summed E-state index contributed by atoms with van der Waals surface area (Å²) in [5, 5.41) is 3.16. The minimum atomic E-state index is -4.58. The van der Waals surface area contributed by atoms with Crippen LogP contribution in [-0.2, 0) is 11.0 Å². The van der Waals surface area contributed by atoms with Crippen LogP contribution >= 0.6 is 23.2 Å². The molecule has 24 heavy (non-hydrogen) atoms. The van der Waals surface area contributed by atoms with Gasteiger partial charge < -0.3 is 10.2 Å². The number of likely N-dealkylation sites (N-methyl/N-ethyl adjacent to an activating group) is 1. The van der Waals surface area contributed by atoms with Gasteiger partial charge in [-0.3, -0.25) is 4.79 Å². The number of nitrogens with one attached hydrogen (secondary N) is 1. The molecule has 1 heterocycles. The number of halogens is 5. The number of amides is 1. The minimum absolute atomic E-state index is 0.214. The summed E-state index contributed by atoms with van der Waals surface area (Å²) in [7, 11) is 1.41. The van der Waals surface area contributed by atoms with Gasteiger partial charge in [0.05, 0.1) is 16.6 Å². The third kappa shape index (κ3) is 4.72. The molecule has 0 saturated heterocycles. The minimum Gasteiger partial charge on any atom is -0.335 e. The van der Waals surface area contributed by atoms with Crippen LogP contribution in [0.25, 0.3) is 0 Å². The van der Waals surface area contributed by atoms with E-state index in [1.54, 1.807) is 6.07 Å². The normalized spacial score (nSPS) is 11.2. The molecular weight excluding hydrogens is 368 g/mol. The molecule has 5 nitrogen and oxygen atoms in total. The fourth-order valence-corrected chi connectivity index (χ4v) is 2.05. The highest BCUT2D eigenvalue weighted by Gasteiger charge is 2.33. The van der Waals surface area contributed by atoms with Crippen LogP contribution in [0.4, 0.5) is 24.8 Å². The Kier molecular flexibility index (Phi) is 5.51. The van der Waals surface area contributed by atoms with Crippen LogP contribution < -0.4 is 10.2 Å². The first kappa shape index (κ1) is 18.3. The number of carbonyl (C=O) groups excluding carboxylic acids is 1. The summed E-state index contributed by atoms with van der Waals surface area (Å²) in [6, 6.07) is 5.28. The Bertz CT molecular complexity index is 755. The van der Waals surface area contributed by atoms with E-state index in [1.165, 1.54) is 24.1 Å². The Labute approximate surface area is 145 Å². The summed E-state index contributed by atoms with van der Waals surface area (Å²) in [5.41, 5.74) is -0.669. The molecule has 0 saturated carbocycles. The van der Waals surface area contributed by atoms with Crippen LogP contribution in [0, 0.1) is 0 Å². The first-order valence-corrected chi connectivity index (χ1v) is 7.28. The fraction of sp³-hybridized carbons (Fsp3) is 0.214. The molecule has 0 radical (unpaired) electrons. The van der Waals surface area contributed by atoms with Crippen LogP contribution in [0.3, 0.4) is 0 Å². The molecule has 0 atom stereocenters. The number of hydrogen-bond acceptors (Lipinski definition) is 4. The summed E-state index contributed by atoms with van der Waals surface area (Å²) in [6.45, 7) is -0.248. The molecule has 1 N–H and O–H groups in total. The molecule has 2 rings (SSSR count). The van der Waals surface area contributed by atoms with Gasteiger partial charge in [-0.1, -0.05) is 23.2 Å². The van der Waals surface area contributed by atoms with Crippen molar-refractivity contribution < 1.29 is 18.0 Å². The van der Waals surface area contributed by atoms with Crippen molar-refractivity contribution >= 4 is 40.7 Å². The molecule has 0 aliphatic carbocycles. The van der Waals surface area contributed by atoms with Gasteiger partial charge in [0.2, 0.25) is 11.9 Å². The predicted molar refractivity (Wildman–Crippen MR) is 85.4 cm³/mol. The van der Waals surface area contributed by atoms with Gasteiger partial charge >= 0.3 is 6.18 Å². The number of rotatable bonds is 4. The molecule has 128 valence electrons. The smallest absolute Gasteiger partial charge is 0.335 e. The number of nitrogens with zero attached hydrogens (tertiary/aromatic N) is 3. The number of benzene rings is 1. The van der Waals surface area contributed by atoms with E-state index < -0.39 is 17.8 Å². The molecule has 0 spiro atoms. The average Bonchev–Trinajstić information content (AvgIpc) is 2.50. The summed E-state index contributed by atoms with van der Waals surface area (Å²) < 4.78 is 37.9. The van der Waals surface area contributed by atoms with Gasteiger partial charge in [0.25, 0.3) is 0 Å². The summed E-state index contributed by atoms with van der Waals surface area (Å²) in [5.74, 6) is -0.689. The highest BCUT2D eigenvalue weighted by atomic mass is 35.5. The maximum atomic E-state index is 12.6. The van der Waals surface area contributed by atoms with Crippen molar-refractivity contribution in [2.75, 3.05) is 23.8 Å². The van der Waals surface area contributed by atoms with E-state index in [2.05, 4.69) is 15.3 Å². The predicted octanol–water partition coefficient (Wildman–Crippen LogP) is 3.88. The first-order valence-electron chi connectivity index (χ1n) is 6.53. The van der Waals surface area contributed by atoms with Crippen molar-refractivity contribution in [3.05, 3.63) is 46.2 Å². The molecule has 0 aliphatic rings. The van der Waals surface area contributed by atoms with Crippen molar-refractivity contribution in [1.29, 1.82) is 0 Å². The molecule has 1 amide bonds. The third-order valence-corrected chi connectivity index (χ3v) is 3.60. The van der Waals surface area contributed by atoms with Crippen molar-refractivity contribution in [2.24, 2.45) is 0 Å². The number of hydrogen-bond donors (Lipinski definition) is 1. The Balaban J connectivity index is 2.04. The van der Waals surface area contributed by atoms with E-state index in [0.29, 0.717) is 10.7 Å². The molecule has 0 unspecified atom stereocenters. The number of alkyl halides is 3. The lowest BCUT2D eigenvalue weighted by molar-refractivity contribution is -0.141. The van der Waals surface area contributed by atoms with Gasteiger partial charge in [-0.15, -0.1) is 0 Å². The van der Waals surface area contributed by atoms with E-state index >= 15 is 0 Å². The first-order chi connectivity index (χ1) is 11.2. The molecule has 10 heteroatoms. The van der Waals surface area contributed by atoms with Gasteiger partial charge in [-0.2, -0.15) is 13.2 Å². The van der Waals surface area contributed by atoms with Crippen LogP contribution in [0.1, 0.15) is 5.69 Å². The zero-order valence-electron chi connectivity index (χ0n) is 12.2. The van der Waals surface area contributed by atoms with Crippen LogP contribution in [0.2, 0.25) is 10.0 Å². The van der Waals surface area contributed by atoms with Crippen molar-refractivity contribution in [3.63, 3.8) is 0 Å². The largest absolute Gasteiger partial charge is 0.433 e. The third-order valence-electron chi connectivity index (χ3n) is 2.86. The second-order valence-corrected chi connectivity index (χ2v) is 5.59. The fourth-order valence-electron chi connectivity index (χ4n) is 1.75. The standard InChI is InChI=1S/C14H11Cl2F3N4O/c1-23(13-20-5-4-11(22-13)14(17,18)19)7-12(24)21-8-2-3-9(15)10(16)6-8/h2-6H,7H2,1H3,(H,21,24). The quantitative estimate of drug-likeness (QED) is 0.876. The molecule has 0 aliphatic heterocycles. The van der Waals surface area contributed by atoms with Crippen LogP contribution in [-0.4, -0.2) is 29.5 Å². The second kappa shape index (κ2) is 7.23. The number of anilines is 2. The van der Waals surface area contributed by atoms with E-state index in [-0.39, 0.29) is 17.5 Å². The SMILES string of the molecule is CN(CC(=O)Nc1ccc(Cl)c(Cl)c1)c1nccc(C(F)(F)F)n1. The molecule has 0 bridgehead atoms. The monoisotopic (exact) mass is 378 g/mol.